The highest BCUT2D eigenvalue weighted by Crippen LogP contribution is 2.46. The molecule has 2 aromatic rings. The van der Waals surface area contributed by atoms with Crippen molar-refractivity contribution in [1.82, 2.24) is 10.2 Å². The number of halogens is 2. The first-order valence-corrected chi connectivity index (χ1v) is 9.11. The van der Waals surface area contributed by atoms with Crippen LogP contribution in [-0.2, 0) is 0 Å². The number of hydrogen-bond donors (Lipinski definition) is 1. The minimum Gasteiger partial charge on any atom is -0.331 e. The van der Waals surface area contributed by atoms with Gasteiger partial charge in [-0.2, -0.15) is 0 Å². The van der Waals surface area contributed by atoms with Crippen LogP contribution in [0.15, 0.2) is 48.5 Å². The zero-order valence-corrected chi connectivity index (χ0v) is 14.7. The van der Waals surface area contributed by atoms with Crippen LogP contribution in [-0.4, -0.2) is 17.5 Å². The average molecular weight is 356 g/mol. The Hall–Kier alpha value is -2.43. The molecule has 3 nitrogen and oxygen atoms in total. The molecule has 136 valence electrons. The van der Waals surface area contributed by atoms with Crippen molar-refractivity contribution < 1.29 is 13.6 Å². The molecule has 3 atom stereocenters. The summed E-state index contributed by atoms with van der Waals surface area (Å²) in [5.41, 5.74) is 1.73. The summed E-state index contributed by atoms with van der Waals surface area (Å²) in [6.45, 7) is 2.65. The van der Waals surface area contributed by atoms with Gasteiger partial charge in [-0.15, -0.1) is 0 Å². The molecule has 1 N–H and O–H groups in total. The highest BCUT2D eigenvalue weighted by atomic mass is 19.2. The molecule has 2 aliphatic rings. The van der Waals surface area contributed by atoms with E-state index >= 15 is 0 Å². The zero-order valence-electron chi connectivity index (χ0n) is 14.7. The topological polar surface area (TPSA) is 32.3 Å². The van der Waals surface area contributed by atoms with E-state index in [-0.39, 0.29) is 24.0 Å². The second-order valence-corrected chi connectivity index (χ2v) is 7.34. The van der Waals surface area contributed by atoms with E-state index in [4.69, 9.17) is 0 Å². The van der Waals surface area contributed by atoms with Crippen LogP contribution in [0, 0.1) is 23.5 Å². The fourth-order valence-electron chi connectivity index (χ4n) is 3.97. The van der Waals surface area contributed by atoms with Crippen LogP contribution in [0.3, 0.4) is 0 Å². The number of carbonyl (C=O) groups excluding carboxylic acids is 1. The van der Waals surface area contributed by atoms with Gasteiger partial charge in [0, 0.05) is 12.5 Å². The fourth-order valence-corrected chi connectivity index (χ4v) is 3.97. The SMILES string of the molecule is CC(c1ccccc1)N1CC(C2CC2)C(c2ccc(F)c(F)c2)NC1=O. The van der Waals surface area contributed by atoms with Crippen molar-refractivity contribution in [3.05, 3.63) is 71.3 Å². The standard InChI is InChI=1S/C21H22F2N2O/c1-13(14-5-3-2-4-6-14)25-12-17(15-7-8-15)20(24-21(25)26)16-9-10-18(22)19(23)11-16/h2-6,9-11,13,15,17,20H,7-8,12H2,1H3,(H,24,26). The van der Waals surface area contributed by atoms with Gasteiger partial charge in [-0.1, -0.05) is 36.4 Å². The molecule has 3 unspecified atom stereocenters. The minimum atomic E-state index is -0.869. The van der Waals surface area contributed by atoms with Gasteiger partial charge < -0.3 is 10.2 Å². The van der Waals surface area contributed by atoms with E-state index in [0.29, 0.717) is 18.0 Å². The molecule has 1 saturated carbocycles. The Labute approximate surface area is 152 Å². The lowest BCUT2D eigenvalue weighted by Crippen LogP contribution is -2.53. The van der Waals surface area contributed by atoms with Crippen molar-refractivity contribution in [2.24, 2.45) is 11.8 Å². The van der Waals surface area contributed by atoms with E-state index in [9.17, 15) is 13.6 Å². The lowest BCUT2D eigenvalue weighted by molar-refractivity contribution is 0.116. The van der Waals surface area contributed by atoms with Crippen LogP contribution < -0.4 is 5.32 Å². The van der Waals surface area contributed by atoms with E-state index < -0.39 is 11.6 Å². The number of nitrogens with zero attached hydrogens (tertiary/aromatic N) is 1. The first kappa shape index (κ1) is 17.0. The third kappa shape index (κ3) is 3.18. The van der Waals surface area contributed by atoms with E-state index in [0.717, 1.165) is 24.5 Å². The molecule has 1 heterocycles. The summed E-state index contributed by atoms with van der Waals surface area (Å²) in [6, 6.07) is 13.4. The molecule has 0 radical (unpaired) electrons. The van der Waals surface area contributed by atoms with E-state index in [1.807, 2.05) is 42.2 Å². The smallest absolute Gasteiger partial charge is 0.318 e. The predicted octanol–water partition coefficient (Wildman–Crippen LogP) is 4.82. The summed E-state index contributed by atoms with van der Waals surface area (Å²) in [5, 5.41) is 3.05. The third-order valence-corrected chi connectivity index (χ3v) is 5.66. The zero-order chi connectivity index (χ0) is 18.3. The first-order valence-electron chi connectivity index (χ1n) is 9.11. The third-order valence-electron chi connectivity index (χ3n) is 5.66. The molecule has 2 amide bonds. The molecule has 5 heteroatoms. The Morgan fingerprint density at radius 1 is 1.08 bits per heavy atom. The number of urea groups is 1. The van der Waals surface area contributed by atoms with Crippen LogP contribution in [0.4, 0.5) is 13.6 Å². The summed E-state index contributed by atoms with van der Waals surface area (Å²) in [4.78, 5) is 14.6. The maximum absolute atomic E-state index is 13.7. The summed E-state index contributed by atoms with van der Waals surface area (Å²) in [7, 11) is 0. The molecule has 2 aromatic carbocycles. The van der Waals surface area contributed by atoms with Gasteiger partial charge in [0.1, 0.15) is 0 Å². The van der Waals surface area contributed by atoms with Crippen molar-refractivity contribution in [2.45, 2.75) is 31.8 Å². The Morgan fingerprint density at radius 2 is 1.81 bits per heavy atom. The van der Waals surface area contributed by atoms with Gasteiger partial charge in [0.25, 0.3) is 0 Å². The monoisotopic (exact) mass is 356 g/mol. The van der Waals surface area contributed by atoms with Gasteiger partial charge in [-0.3, -0.25) is 0 Å². The molecule has 1 aliphatic carbocycles. The Balaban J connectivity index is 1.60. The maximum Gasteiger partial charge on any atom is 0.318 e. The van der Waals surface area contributed by atoms with Gasteiger partial charge in [0.05, 0.1) is 12.1 Å². The van der Waals surface area contributed by atoms with Crippen molar-refractivity contribution >= 4 is 6.03 Å². The first-order chi connectivity index (χ1) is 12.5. The number of amides is 2. The van der Waals surface area contributed by atoms with Crippen LogP contribution in [0.25, 0.3) is 0 Å². The van der Waals surface area contributed by atoms with Crippen LogP contribution in [0.5, 0.6) is 0 Å². The summed E-state index contributed by atoms with van der Waals surface area (Å²) >= 11 is 0. The normalized spacial score (nSPS) is 24.3. The van der Waals surface area contributed by atoms with Crippen molar-refractivity contribution in [3.8, 4) is 0 Å². The van der Waals surface area contributed by atoms with Crippen molar-refractivity contribution in [2.75, 3.05) is 6.54 Å². The molecular weight excluding hydrogens is 334 g/mol. The van der Waals surface area contributed by atoms with Crippen LogP contribution >= 0.6 is 0 Å². The van der Waals surface area contributed by atoms with Crippen molar-refractivity contribution in [1.29, 1.82) is 0 Å². The molecule has 1 aliphatic heterocycles. The lowest BCUT2D eigenvalue weighted by Gasteiger charge is -2.42. The van der Waals surface area contributed by atoms with Gasteiger partial charge in [0.2, 0.25) is 0 Å². The van der Waals surface area contributed by atoms with E-state index in [1.54, 1.807) is 6.07 Å². The second kappa shape index (κ2) is 6.71. The molecule has 2 fully saturated rings. The Morgan fingerprint density at radius 3 is 2.46 bits per heavy atom. The average Bonchev–Trinajstić information content (AvgIpc) is 3.49. The van der Waals surface area contributed by atoms with Crippen molar-refractivity contribution in [3.63, 3.8) is 0 Å². The van der Waals surface area contributed by atoms with Gasteiger partial charge in [-0.25, -0.2) is 13.6 Å². The summed E-state index contributed by atoms with van der Waals surface area (Å²) < 4.78 is 27.0. The minimum absolute atomic E-state index is 0.0386. The second-order valence-electron chi connectivity index (χ2n) is 7.34. The molecular formula is C21H22F2N2O. The summed E-state index contributed by atoms with van der Waals surface area (Å²) in [5.74, 6) is -1.02. The number of benzene rings is 2. The highest BCUT2D eigenvalue weighted by Gasteiger charge is 2.44. The molecule has 0 bridgehead atoms. The molecule has 0 spiro atoms. The molecule has 0 aromatic heterocycles. The fraction of sp³-hybridized carbons (Fsp3) is 0.381. The van der Waals surface area contributed by atoms with Gasteiger partial charge in [-0.05, 0) is 48.9 Å². The quantitative estimate of drug-likeness (QED) is 0.837. The summed E-state index contributed by atoms with van der Waals surface area (Å²) in [6.07, 6.45) is 2.24. The number of nitrogens with one attached hydrogen (secondary N) is 1. The maximum atomic E-state index is 13.7. The van der Waals surface area contributed by atoms with Crippen LogP contribution in [0.1, 0.15) is 43.0 Å². The van der Waals surface area contributed by atoms with E-state index in [2.05, 4.69) is 5.32 Å². The Kier molecular flexibility index (Phi) is 4.39. The number of carbonyl (C=O) groups is 1. The Bertz CT molecular complexity index is 807. The van der Waals surface area contributed by atoms with Gasteiger partial charge >= 0.3 is 6.03 Å². The van der Waals surface area contributed by atoms with Crippen LogP contribution in [0.2, 0.25) is 0 Å². The largest absolute Gasteiger partial charge is 0.331 e. The number of rotatable bonds is 4. The van der Waals surface area contributed by atoms with Gasteiger partial charge in [0.15, 0.2) is 11.6 Å². The lowest BCUT2D eigenvalue weighted by atomic mass is 9.86. The highest BCUT2D eigenvalue weighted by molar-refractivity contribution is 5.76. The predicted molar refractivity (Wildman–Crippen MR) is 95.4 cm³/mol. The van der Waals surface area contributed by atoms with E-state index in [1.165, 1.54) is 6.07 Å². The molecule has 26 heavy (non-hydrogen) atoms. The molecule has 4 rings (SSSR count). The number of hydrogen-bond acceptors (Lipinski definition) is 1. The molecule has 1 saturated heterocycles.